The van der Waals surface area contributed by atoms with Crippen LogP contribution in [0.25, 0.3) is 0 Å². The molecule has 0 saturated carbocycles. The lowest BCUT2D eigenvalue weighted by atomic mass is 10.1. The van der Waals surface area contributed by atoms with Crippen molar-refractivity contribution in [1.29, 1.82) is 0 Å². The van der Waals surface area contributed by atoms with Gasteiger partial charge in [0.25, 0.3) is 5.91 Å². The summed E-state index contributed by atoms with van der Waals surface area (Å²) in [7, 11) is 1.57. The molecule has 0 heterocycles. The lowest BCUT2D eigenvalue weighted by Crippen LogP contribution is -2.11. The van der Waals surface area contributed by atoms with Gasteiger partial charge in [-0.25, -0.2) is 0 Å². The zero-order valence-electron chi connectivity index (χ0n) is 15.8. The monoisotopic (exact) mass is 391 g/mol. The molecule has 4 nitrogen and oxygen atoms in total. The molecule has 142 valence electrons. The number of aryl methyl sites for hydroxylation is 1. The Labute approximate surface area is 168 Å². The molecule has 0 saturated heterocycles. The van der Waals surface area contributed by atoms with E-state index in [-0.39, 0.29) is 11.7 Å². The first-order chi connectivity index (χ1) is 13.5. The molecule has 28 heavy (non-hydrogen) atoms. The number of benzene rings is 3. The third-order valence-corrected chi connectivity index (χ3v) is 5.20. The average Bonchev–Trinajstić information content (AvgIpc) is 2.73. The average molecular weight is 391 g/mol. The lowest BCUT2D eigenvalue weighted by Gasteiger charge is -2.08. The topological polar surface area (TPSA) is 55.4 Å². The molecule has 0 radical (unpaired) electrons. The summed E-state index contributed by atoms with van der Waals surface area (Å²) in [5.74, 6) is 0.908. The van der Waals surface area contributed by atoms with Crippen LogP contribution in [0.15, 0.2) is 77.7 Å². The van der Waals surface area contributed by atoms with Gasteiger partial charge in [0, 0.05) is 21.7 Å². The molecule has 0 fully saturated rings. The predicted molar refractivity (Wildman–Crippen MR) is 114 cm³/mol. The molecule has 5 heteroatoms. The van der Waals surface area contributed by atoms with Gasteiger partial charge >= 0.3 is 0 Å². The first kappa shape index (κ1) is 19.7. The zero-order chi connectivity index (χ0) is 19.9. The fourth-order valence-electron chi connectivity index (χ4n) is 2.57. The minimum Gasteiger partial charge on any atom is -0.497 e. The summed E-state index contributed by atoms with van der Waals surface area (Å²) in [5, 5.41) is 2.86. The van der Waals surface area contributed by atoms with E-state index in [1.807, 2.05) is 55.5 Å². The molecule has 1 N–H and O–H groups in total. The van der Waals surface area contributed by atoms with Gasteiger partial charge in [-0.2, -0.15) is 0 Å². The Morgan fingerprint density at radius 1 is 0.929 bits per heavy atom. The molecule has 3 aromatic rings. The first-order valence-electron chi connectivity index (χ1n) is 8.83. The smallest absolute Gasteiger partial charge is 0.255 e. The number of ketones is 1. The van der Waals surface area contributed by atoms with E-state index in [4.69, 9.17) is 4.74 Å². The van der Waals surface area contributed by atoms with E-state index >= 15 is 0 Å². The standard InChI is InChI=1S/C23H21NO3S/c1-16-6-8-17(9-7-16)22(25)15-28-21-12-10-19(11-13-21)24-23(26)18-4-3-5-20(14-18)27-2/h3-14H,15H2,1-2H3,(H,24,26). The van der Waals surface area contributed by atoms with Gasteiger partial charge in [-0.1, -0.05) is 35.9 Å². The quantitative estimate of drug-likeness (QED) is 0.442. The number of thioether (sulfide) groups is 1. The number of hydrogen-bond donors (Lipinski definition) is 1. The molecular weight excluding hydrogens is 370 g/mol. The molecule has 0 aliphatic carbocycles. The van der Waals surface area contributed by atoms with Crippen LogP contribution in [0.2, 0.25) is 0 Å². The van der Waals surface area contributed by atoms with Crippen LogP contribution < -0.4 is 10.1 Å². The van der Waals surface area contributed by atoms with E-state index in [2.05, 4.69) is 5.32 Å². The van der Waals surface area contributed by atoms with Crippen LogP contribution in [0.3, 0.4) is 0 Å². The van der Waals surface area contributed by atoms with Crippen molar-refractivity contribution in [2.75, 3.05) is 18.2 Å². The van der Waals surface area contributed by atoms with Crippen molar-refractivity contribution in [1.82, 2.24) is 0 Å². The Bertz CT molecular complexity index is 966. The highest BCUT2D eigenvalue weighted by Gasteiger charge is 2.09. The summed E-state index contributed by atoms with van der Waals surface area (Å²) in [6.07, 6.45) is 0. The Morgan fingerprint density at radius 3 is 2.32 bits per heavy atom. The van der Waals surface area contributed by atoms with E-state index in [1.165, 1.54) is 11.8 Å². The highest BCUT2D eigenvalue weighted by molar-refractivity contribution is 8.00. The summed E-state index contributed by atoms with van der Waals surface area (Å²) in [5.41, 5.74) is 3.08. The molecule has 3 aromatic carbocycles. The van der Waals surface area contributed by atoms with Crippen LogP contribution in [0.5, 0.6) is 5.75 Å². The molecule has 0 aliphatic heterocycles. The second-order valence-electron chi connectivity index (χ2n) is 6.29. The fourth-order valence-corrected chi connectivity index (χ4v) is 3.37. The van der Waals surface area contributed by atoms with Crippen LogP contribution in [-0.2, 0) is 0 Å². The van der Waals surface area contributed by atoms with Crippen molar-refractivity contribution in [2.24, 2.45) is 0 Å². The SMILES string of the molecule is COc1cccc(C(=O)Nc2ccc(SCC(=O)c3ccc(C)cc3)cc2)c1. The van der Waals surface area contributed by atoms with E-state index in [0.29, 0.717) is 22.8 Å². The normalized spacial score (nSPS) is 10.4. The van der Waals surface area contributed by atoms with Gasteiger partial charge in [0.15, 0.2) is 5.78 Å². The number of Topliss-reactive ketones (excluding diaryl/α,β-unsaturated/α-hetero) is 1. The number of nitrogens with one attached hydrogen (secondary N) is 1. The molecule has 0 aliphatic rings. The van der Waals surface area contributed by atoms with Gasteiger partial charge in [-0.15, -0.1) is 11.8 Å². The summed E-state index contributed by atoms with van der Waals surface area (Å²) in [4.78, 5) is 25.6. The van der Waals surface area contributed by atoms with E-state index in [0.717, 1.165) is 16.0 Å². The minimum atomic E-state index is -0.200. The van der Waals surface area contributed by atoms with Gasteiger partial charge < -0.3 is 10.1 Å². The Balaban J connectivity index is 1.56. The lowest BCUT2D eigenvalue weighted by molar-refractivity contribution is 0.101. The number of hydrogen-bond acceptors (Lipinski definition) is 4. The third kappa shape index (κ3) is 5.24. The van der Waals surface area contributed by atoms with Crippen molar-refractivity contribution in [2.45, 2.75) is 11.8 Å². The van der Waals surface area contributed by atoms with Crippen molar-refractivity contribution < 1.29 is 14.3 Å². The number of carbonyl (C=O) groups excluding carboxylic acids is 2. The van der Waals surface area contributed by atoms with Crippen molar-refractivity contribution >= 4 is 29.1 Å². The molecule has 0 spiro atoms. The first-order valence-corrected chi connectivity index (χ1v) is 9.82. The molecule has 0 bridgehead atoms. The Morgan fingerprint density at radius 2 is 1.64 bits per heavy atom. The number of carbonyl (C=O) groups is 2. The van der Waals surface area contributed by atoms with Gasteiger partial charge in [-0.3, -0.25) is 9.59 Å². The van der Waals surface area contributed by atoms with E-state index in [9.17, 15) is 9.59 Å². The van der Waals surface area contributed by atoms with Crippen LogP contribution in [0.4, 0.5) is 5.69 Å². The van der Waals surface area contributed by atoms with Crippen LogP contribution in [0.1, 0.15) is 26.3 Å². The largest absolute Gasteiger partial charge is 0.497 e. The third-order valence-electron chi connectivity index (χ3n) is 4.19. The summed E-state index contributed by atoms with van der Waals surface area (Å²) in [6.45, 7) is 2.00. The van der Waals surface area contributed by atoms with Crippen LogP contribution in [0, 0.1) is 6.92 Å². The summed E-state index contributed by atoms with van der Waals surface area (Å²) >= 11 is 1.48. The molecular formula is C23H21NO3S. The number of rotatable bonds is 7. The molecule has 3 rings (SSSR count). The predicted octanol–water partition coefficient (Wildman–Crippen LogP) is 5.23. The van der Waals surface area contributed by atoms with Crippen molar-refractivity contribution in [3.8, 4) is 5.75 Å². The number of amides is 1. The maximum atomic E-state index is 12.3. The molecule has 1 amide bonds. The van der Waals surface area contributed by atoms with E-state index in [1.54, 1.807) is 31.4 Å². The van der Waals surface area contributed by atoms with Gasteiger partial charge in [0.1, 0.15) is 5.75 Å². The van der Waals surface area contributed by atoms with Crippen molar-refractivity contribution in [3.05, 3.63) is 89.5 Å². The highest BCUT2D eigenvalue weighted by Crippen LogP contribution is 2.22. The fraction of sp³-hybridized carbons (Fsp3) is 0.130. The molecule has 0 atom stereocenters. The zero-order valence-corrected chi connectivity index (χ0v) is 16.6. The Hall–Kier alpha value is -3.05. The van der Waals surface area contributed by atoms with E-state index < -0.39 is 0 Å². The van der Waals surface area contributed by atoms with Crippen molar-refractivity contribution in [3.63, 3.8) is 0 Å². The number of ether oxygens (including phenoxy) is 1. The summed E-state index contributed by atoms with van der Waals surface area (Å²) in [6, 6.07) is 22.0. The second kappa shape index (κ2) is 9.24. The maximum Gasteiger partial charge on any atom is 0.255 e. The van der Waals surface area contributed by atoms with Crippen LogP contribution in [-0.4, -0.2) is 24.6 Å². The molecule has 0 aromatic heterocycles. The maximum absolute atomic E-state index is 12.3. The highest BCUT2D eigenvalue weighted by atomic mass is 32.2. The summed E-state index contributed by atoms with van der Waals surface area (Å²) < 4.78 is 5.14. The number of anilines is 1. The minimum absolute atomic E-state index is 0.0976. The number of methoxy groups -OCH3 is 1. The van der Waals surface area contributed by atoms with Gasteiger partial charge in [0.05, 0.1) is 12.9 Å². The Kier molecular flexibility index (Phi) is 6.50. The molecule has 0 unspecified atom stereocenters. The second-order valence-corrected chi connectivity index (χ2v) is 7.34. The van der Waals surface area contributed by atoms with Gasteiger partial charge in [0.2, 0.25) is 0 Å². The van der Waals surface area contributed by atoms with Gasteiger partial charge in [-0.05, 0) is 49.4 Å². The van der Waals surface area contributed by atoms with Crippen LogP contribution >= 0.6 is 11.8 Å².